The van der Waals surface area contributed by atoms with Gasteiger partial charge in [0.2, 0.25) is 0 Å². The Bertz CT molecular complexity index is 733. The number of benzene rings is 2. The summed E-state index contributed by atoms with van der Waals surface area (Å²) in [6, 6.07) is 10.9. The molecule has 0 atom stereocenters. The molecule has 1 heterocycles. The average molecular weight is 357 g/mol. The number of carbonyl (C=O) groups excluding carboxylic acids is 1. The van der Waals surface area contributed by atoms with Crippen LogP contribution < -0.4 is 9.64 Å². The number of halogens is 3. The number of para-hydroxylation sites is 1. The summed E-state index contributed by atoms with van der Waals surface area (Å²) in [6.45, 7) is 0.558. The Morgan fingerprint density at radius 2 is 1.82 bits per heavy atom. The number of carbonyl (C=O) groups is 1. The van der Waals surface area contributed by atoms with Crippen molar-refractivity contribution in [1.82, 2.24) is 0 Å². The minimum Gasteiger partial charge on any atom is -0.482 e. The minimum absolute atomic E-state index is 0.105. The van der Waals surface area contributed by atoms with Crippen LogP contribution in [-0.2, 0) is 11.2 Å². The second-order valence-corrected chi connectivity index (χ2v) is 6.13. The molecule has 0 aromatic heterocycles. The van der Waals surface area contributed by atoms with E-state index in [0.29, 0.717) is 27.4 Å². The second kappa shape index (κ2) is 6.37. The normalized spacial score (nSPS) is 13.1. The van der Waals surface area contributed by atoms with Crippen molar-refractivity contribution in [1.29, 1.82) is 0 Å². The van der Waals surface area contributed by atoms with Crippen molar-refractivity contribution >= 4 is 46.4 Å². The Balaban J connectivity index is 1.70. The lowest BCUT2D eigenvalue weighted by molar-refractivity contribution is -0.120. The Morgan fingerprint density at radius 3 is 2.64 bits per heavy atom. The van der Waals surface area contributed by atoms with Crippen LogP contribution in [0.15, 0.2) is 36.4 Å². The van der Waals surface area contributed by atoms with Gasteiger partial charge in [0.25, 0.3) is 5.91 Å². The summed E-state index contributed by atoms with van der Waals surface area (Å²) >= 11 is 17.8. The van der Waals surface area contributed by atoms with Gasteiger partial charge >= 0.3 is 0 Å². The summed E-state index contributed by atoms with van der Waals surface area (Å²) < 4.78 is 5.50. The predicted octanol–water partition coefficient (Wildman–Crippen LogP) is 4.61. The molecule has 2 aromatic rings. The Hall–Kier alpha value is -1.42. The summed E-state index contributed by atoms with van der Waals surface area (Å²) in [5.41, 5.74) is 2.11. The number of hydrogen-bond acceptors (Lipinski definition) is 2. The zero-order chi connectivity index (χ0) is 15.7. The lowest BCUT2D eigenvalue weighted by atomic mass is 10.2. The van der Waals surface area contributed by atoms with Crippen molar-refractivity contribution < 1.29 is 9.53 Å². The van der Waals surface area contributed by atoms with Crippen LogP contribution in [0.5, 0.6) is 5.75 Å². The van der Waals surface area contributed by atoms with E-state index in [-0.39, 0.29) is 12.5 Å². The van der Waals surface area contributed by atoms with E-state index in [9.17, 15) is 4.79 Å². The van der Waals surface area contributed by atoms with Crippen LogP contribution in [0.2, 0.25) is 15.1 Å². The number of nitrogens with zero attached hydrogens (tertiary/aromatic N) is 1. The van der Waals surface area contributed by atoms with Crippen molar-refractivity contribution in [2.24, 2.45) is 0 Å². The number of hydrogen-bond donors (Lipinski definition) is 0. The molecule has 0 fully saturated rings. The third-order valence-electron chi connectivity index (χ3n) is 3.51. The molecule has 0 N–H and O–H groups in total. The molecule has 3 rings (SSSR count). The first-order valence-electron chi connectivity index (χ1n) is 6.72. The van der Waals surface area contributed by atoms with Crippen LogP contribution in [0, 0.1) is 0 Å². The molecule has 1 aliphatic rings. The number of amides is 1. The Kier molecular flexibility index (Phi) is 4.48. The first-order chi connectivity index (χ1) is 10.6. The van der Waals surface area contributed by atoms with E-state index >= 15 is 0 Å². The smallest absolute Gasteiger partial charge is 0.264 e. The van der Waals surface area contributed by atoms with E-state index < -0.39 is 0 Å². The molecular formula is C16H12Cl3NO2. The van der Waals surface area contributed by atoms with Crippen molar-refractivity contribution in [3.63, 3.8) is 0 Å². The van der Waals surface area contributed by atoms with Gasteiger partial charge in [-0.3, -0.25) is 4.79 Å². The summed E-state index contributed by atoms with van der Waals surface area (Å²) in [4.78, 5) is 14.1. The maximum absolute atomic E-state index is 12.3. The van der Waals surface area contributed by atoms with Crippen molar-refractivity contribution in [2.75, 3.05) is 18.1 Å². The van der Waals surface area contributed by atoms with Gasteiger partial charge in [-0.25, -0.2) is 0 Å². The van der Waals surface area contributed by atoms with Gasteiger partial charge in [-0.1, -0.05) is 53.0 Å². The average Bonchev–Trinajstić information content (AvgIpc) is 2.93. The maximum Gasteiger partial charge on any atom is 0.264 e. The summed E-state index contributed by atoms with van der Waals surface area (Å²) in [7, 11) is 0. The molecule has 0 unspecified atom stereocenters. The van der Waals surface area contributed by atoms with Gasteiger partial charge in [0.1, 0.15) is 5.75 Å². The molecule has 22 heavy (non-hydrogen) atoms. The van der Waals surface area contributed by atoms with Crippen LogP contribution in [0.3, 0.4) is 0 Å². The number of fused-ring (bicyclic) bond motifs is 1. The number of rotatable bonds is 3. The molecule has 0 radical (unpaired) electrons. The number of anilines is 1. The predicted molar refractivity (Wildman–Crippen MR) is 89.5 cm³/mol. The van der Waals surface area contributed by atoms with E-state index in [0.717, 1.165) is 12.1 Å². The van der Waals surface area contributed by atoms with Crippen LogP contribution in [0.1, 0.15) is 5.56 Å². The highest BCUT2D eigenvalue weighted by atomic mass is 35.5. The Morgan fingerprint density at radius 1 is 1.09 bits per heavy atom. The lowest BCUT2D eigenvalue weighted by Gasteiger charge is -2.18. The standard InChI is InChI=1S/C16H12Cl3NO2/c17-11-7-13(19)15(8-12(11)18)22-9-16(21)20-6-5-10-3-1-2-4-14(10)20/h1-4,7-8H,5-6,9H2. The monoisotopic (exact) mass is 355 g/mol. The summed E-state index contributed by atoms with van der Waals surface area (Å²) in [5.74, 6) is 0.226. The van der Waals surface area contributed by atoms with Gasteiger partial charge in [-0.05, 0) is 24.1 Å². The van der Waals surface area contributed by atoms with E-state index in [1.807, 2.05) is 24.3 Å². The first-order valence-corrected chi connectivity index (χ1v) is 7.85. The van der Waals surface area contributed by atoms with Gasteiger partial charge < -0.3 is 9.64 Å². The van der Waals surface area contributed by atoms with Crippen LogP contribution in [-0.4, -0.2) is 19.1 Å². The third kappa shape index (κ3) is 3.02. The molecule has 0 spiro atoms. The number of ether oxygens (including phenoxy) is 1. The molecular weight excluding hydrogens is 345 g/mol. The molecule has 3 nitrogen and oxygen atoms in total. The fraction of sp³-hybridized carbons (Fsp3) is 0.188. The van der Waals surface area contributed by atoms with Crippen LogP contribution >= 0.6 is 34.8 Å². The van der Waals surface area contributed by atoms with Gasteiger partial charge in [-0.2, -0.15) is 0 Å². The van der Waals surface area contributed by atoms with E-state index in [1.54, 1.807) is 4.90 Å². The molecule has 0 saturated carbocycles. The lowest BCUT2D eigenvalue weighted by Crippen LogP contribution is -2.33. The summed E-state index contributed by atoms with van der Waals surface area (Å²) in [6.07, 6.45) is 0.857. The SMILES string of the molecule is O=C(COc1cc(Cl)c(Cl)cc1Cl)N1CCc2ccccc21. The molecule has 0 saturated heterocycles. The van der Waals surface area contributed by atoms with Gasteiger partial charge in [-0.15, -0.1) is 0 Å². The molecule has 114 valence electrons. The van der Waals surface area contributed by atoms with Gasteiger partial charge in [0.05, 0.1) is 15.1 Å². The fourth-order valence-corrected chi connectivity index (χ4v) is 3.02. The zero-order valence-corrected chi connectivity index (χ0v) is 13.8. The highest BCUT2D eigenvalue weighted by Crippen LogP contribution is 2.34. The third-order valence-corrected chi connectivity index (χ3v) is 4.53. The van der Waals surface area contributed by atoms with E-state index in [4.69, 9.17) is 39.5 Å². The fourth-order valence-electron chi connectivity index (χ4n) is 2.43. The van der Waals surface area contributed by atoms with Gasteiger partial charge in [0.15, 0.2) is 6.61 Å². The van der Waals surface area contributed by atoms with E-state index in [1.165, 1.54) is 17.7 Å². The van der Waals surface area contributed by atoms with Gasteiger partial charge in [0, 0.05) is 18.3 Å². The molecule has 2 aromatic carbocycles. The first kappa shape index (κ1) is 15.5. The van der Waals surface area contributed by atoms with Crippen LogP contribution in [0.4, 0.5) is 5.69 Å². The second-order valence-electron chi connectivity index (χ2n) is 4.91. The quantitative estimate of drug-likeness (QED) is 0.751. The van der Waals surface area contributed by atoms with Crippen molar-refractivity contribution in [2.45, 2.75) is 6.42 Å². The summed E-state index contributed by atoms with van der Waals surface area (Å²) in [5, 5.41) is 1.00. The van der Waals surface area contributed by atoms with E-state index in [2.05, 4.69) is 0 Å². The largest absolute Gasteiger partial charge is 0.482 e. The molecule has 6 heteroatoms. The molecule has 0 aliphatic carbocycles. The topological polar surface area (TPSA) is 29.5 Å². The van der Waals surface area contributed by atoms with Crippen LogP contribution in [0.25, 0.3) is 0 Å². The maximum atomic E-state index is 12.3. The minimum atomic E-state index is -0.118. The highest BCUT2D eigenvalue weighted by molar-refractivity contribution is 6.43. The molecule has 0 bridgehead atoms. The highest BCUT2D eigenvalue weighted by Gasteiger charge is 2.24. The molecule has 1 amide bonds. The van der Waals surface area contributed by atoms with Crippen molar-refractivity contribution in [3.05, 3.63) is 57.0 Å². The molecule has 1 aliphatic heterocycles. The van der Waals surface area contributed by atoms with Crippen molar-refractivity contribution in [3.8, 4) is 5.75 Å². The Labute approximate surface area is 143 Å². The zero-order valence-electron chi connectivity index (χ0n) is 11.5.